The van der Waals surface area contributed by atoms with Crippen molar-refractivity contribution in [2.75, 3.05) is 0 Å². The monoisotopic (exact) mass is 264 g/mol. The number of H-pyrrole nitrogens is 1. The molecule has 1 aromatic heterocycles. The minimum atomic E-state index is 1.01. The molecular weight excluding hydrogens is 252 g/mol. The molecule has 0 amide bonds. The highest BCUT2D eigenvalue weighted by atomic mass is 79.9. The molecule has 1 N–H and O–H groups in total. The first-order valence-corrected chi connectivity index (χ1v) is 5.88. The van der Waals surface area contributed by atoms with Gasteiger partial charge in [-0.05, 0) is 24.1 Å². The van der Waals surface area contributed by atoms with E-state index >= 15 is 0 Å². The van der Waals surface area contributed by atoms with E-state index in [9.17, 15) is 0 Å². The summed E-state index contributed by atoms with van der Waals surface area (Å²) in [6.45, 7) is 2.15. The molecule has 0 bridgehead atoms. The fourth-order valence-corrected chi connectivity index (χ4v) is 1.77. The number of nitrogens with one attached hydrogen (secondary N) is 1. The van der Waals surface area contributed by atoms with Gasteiger partial charge in [-0.2, -0.15) is 0 Å². The smallest absolute Gasteiger partial charge is 0.106 e. The Morgan fingerprint density at radius 1 is 1.27 bits per heavy atom. The van der Waals surface area contributed by atoms with Gasteiger partial charge in [0.2, 0.25) is 0 Å². The van der Waals surface area contributed by atoms with Crippen LogP contribution in [0.1, 0.15) is 19.2 Å². The number of aromatic nitrogens is 2. The molecular formula is C12H13BrN2. The summed E-state index contributed by atoms with van der Waals surface area (Å²) in [5.41, 5.74) is 2.26. The van der Waals surface area contributed by atoms with Crippen LogP contribution in [0.15, 0.2) is 34.9 Å². The van der Waals surface area contributed by atoms with E-state index in [0.29, 0.717) is 0 Å². The minimum Gasteiger partial charge on any atom is -0.342 e. The first kappa shape index (κ1) is 10.4. The van der Waals surface area contributed by atoms with E-state index in [1.807, 2.05) is 18.3 Å². The van der Waals surface area contributed by atoms with Gasteiger partial charge in [-0.25, -0.2) is 4.98 Å². The number of hydrogen-bond acceptors (Lipinski definition) is 1. The van der Waals surface area contributed by atoms with Crippen LogP contribution in [0.3, 0.4) is 0 Å². The minimum absolute atomic E-state index is 1.01. The molecule has 2 rings (SSSR count). The lowest BCUT2D eigenvalue weighted by atomic mass is 10.2. The Labute approximate surface area is 97.9 Å². The molecule has 0 aliphatic heterocycles. The van der Waals surface area contributed by atoms with Crippen molar-refractivity contribution in [2.45, 2.75) is 19.8 Å². The summed E-state index contributed by atoms with van der Waals surface area (Å²) in [6.07, 6.45) is 4.03. The predicted molar refractivity (Wildman–Crippen MR) is 65.7 cm³/mol. The predicted octanol–water partition coefficient (Wildman–Crippen LogP) is 3.79. The van der Waals surface area contributed by atoms with Crippen molar-refractivity contribution in [1.82, 2.24) is 9.97 Å². The zero-order chi connectivity index (χ0) is 10.7. The topological polar surface area (TPSA) is 28.7 Å². The molecule has 0 unspecified atom stereocenters. The first-order chi connectivity index (χ1) is 7.29. The van der Waals surface area contributed by atoms with Gasteiger partial charge in [-0.3, -0.25) is 0 Å². The van der Waals surface area contributed by atoms with Gasteiger partial charge in [0.1, 0.15) is 5.82 Å². The molecule has 0 atom stereocenters. The van der Waals surface area contributed by atoms with Crippen molar-refractivity contribution in [2.24, 2.45) is 0 Å². The number of rotatable bonds is 3. The highest BCUT2D eigenvalue weighted by Crippen LogP contribution is 2.20. The summed E-state index contributed by atoms with van der Waals surface area (Å²) in [5.74, 6) is 1.07. The third-order valence-electron chi connectivity index (χ3n) is 2.27. The van der Waals surface area contributed by atoms with Crippen LogP contribution in [-0.4, -0.2) is 9.97 Å². The van der Waals surface area contributed by atoms with Crippen molar-refractivity contribution in [1.29, 1.82) is 0 Å². The number of aromatic amines is 1. The summed E-state index contributed by atoms with van der Waals surface area (Å²) in [4.78, 5) is 7.66. The van der Waals surface area contributed by atoms with Crippen LogP contribution in [-0.2, 0) is 6.42 Å². The average molecular weight is 265 g/mol. The highest BCUT2D eigenvalue weighted by molar-refractivity contribution is 9.10. The van der Waals surface area contributed by atoms with E-state index < -0.39 is 0 Å². The molecule has 15 heavy (non-hydrogen) atoms. The Balaban J connectivity index is 2.25. The van der Waals surface area contributed by atoms with Gasteiger partial charge in [0.25, 0.3) is 0 Å². The SMILES string of the molecule is CCCc1ncc(-c2ccc(Br)cc2)[nH]1. The fraction of sp³-hybridized carbons (Fsp3) is 0.250. The Hall–Kier alpha value is -1.09. The van der Waals surface area contributed by atoms with Crippen LogP contribution in [0, 0.1) is 0 Å². The van der Waals surface area contributed by atoms with Crippen LogP contribution in [0.5, 0.6) is 0 Å². The van der Waals surface area contributed by atoms with Gasteiger partial charge in [0.05, 0.1) is 11.9 Å². The van der Waals surface area contributed by atoms with E-state index in [-0.39, 0.29) is 0 Å². The molecule has 1 aromatic carbocycles. The second-order valence-corrected chi connectivity index (χ2v) is 4.42. The van der Waals surface area contributed by atoms with Crippen LogP contribution in [0.4, 0.5) is 0 Å². The van der Waals surface area contributed by atoms with Crippen LogP contribution < -0.4 is 0 Å². The first-order valence-electron chi connectivity index (χ1n) is 5.09. The van der Waals surface area contributed by atoms with Gasteiger partial charge in [0.15, 0.2) is 0 Å². The number of hydrogen-bond donors (Lipinski definition) is 1. The molecule has 0 spiro atoms. The van der Waals surface area contributed by atoms with E-state index in [0.717, 1.165) is 28.8 Å². The van der Waals surface area contributed by atoms with Crippen molar-refractivity contribution in [3.63, 3.8) is 0 Å². The lowest BCUT2D eigenvalue weighted by molar-refractivity contribution is 0.857. The van der Waals surface area contributed by atoms with Crippen molar-refractivity contribution in [3.8, 4) is 11.3 Å². The molecule has 0 saturated carbocycles. The van der Waals surface area contributed by atoms with E-state index in [1.54, 1.807) is 0 Å². The third kappa shape index (κ3) is 2.48. The van der Waals surface area contributed by atoms with E-state index in [2.05, 4.69) is 45.0 Å². The second-order valence-electron chi connectivity index (χ2n) is 3.50. The Morgan fingerprint density at radius 3 is 2.67 bits per heavy atom. The number of imidazole rings is 1. The molecule has 0 aliphatic rings. The second kappa shape index (κ2) is 4.62. The maximum Gasteiger partial charge on any atom is 0.106 e. The number of aryl methyl sites for hydroxylation is 1. The van der Waals surface area contributed by atoms with Gasteiger partial charge >= 0.3 is 0 Å². The van der Waals surface area contributed by atoms with Crippen molar-refractivity contribution >= 4 is 15.9 Å². The Morgan fingerprint density at radius 2 is 2.00 bits per heavy atom. The van der Waals surface area contributed by atoms with Crippen LogP contribution in [0.25, 0.3) is 11.3 Å². The maximum atomic E-state index is 4.34. The fourth-order valence-electron chi connectivity index (χ4n) is 1.50. The summed E-state index contributed by atoms with van der Waals surface area (Å²) in [5, 5.41) is 0. The average Bonchev–Trinajstić information content (AvgIpc) is 2.68. The molecule has 0 radical (unpaired) electrons. The van der Waals surface area contributed by atoms with Crippen LogP contribution >= 0.6 is 15.9 Å². The molecule has 1 heterocycles. The lowest BCUT2D eigenvalue weighted by Gasteiger charge is -1.97. The Bertz CT molecular complexity index is 431. The maximum absolute atomic E-state index is 4.34. The summed E-state index contributed by atoms with van der Waals surface area (Å²) >= 11 is 3.42. The van der Waals surface area contributed by atoms with Crippen LogP contribution in [0.2, 0.25) is 0 Å². The molecule has 78 valence electrons. The van der Waals surface area contributed by atoms with Crippen molar-refractivity contribution < 1.29 is 0 Å². The van der Waals surface area contributed by atoms with Gasteiger partial charge < -0.3 is 4.98 Å². The quantitative estimate of drug-likeness (QED) is 0.898. The summed E-state index contributed by atoms with van der Waals surface area (Å²) in [7, 11) is 0. The molecule has 0 saturated heterocycles. The van der Waals surface area contributed by atoms with Gasteiger partial charge in [-0.1, -0.05) is 35.0 Å². The van der Waals surface area contributed by atoms with Gasteiger partial charge in [-0.15, -0.1) is 0 Å². The molecule has 2 aromatic rings. The van der Waals surface area contributed by atoms with Crippen molar-refractivity contribution in [3.05, 3.63) is 40.8 Å². The largest absolute Gasteiger partial charge is 0.342 e. The zero-order valence-corrected chi connectivity index (χ0v) is 10.2. The van der Waals surface area contributed by atoms with E-state index in [1.165, 1.54) is 5.56 Å². The lowest BCUT2D eigenvalue weighted by Crippen LogP contribution is -1.85. The van der Waals surface area contributed by atoms with Gasteiger partial charge in [0, 0.05) is 10.9 Å². The summed E-state index contributed by atoms with van der Waals surface area (Å²) in [6, 6.07) is 8.23. The number of benzene rings is 1. The number of nitrogens with zero attached hydrogens (tertiary/aromatic N) is 1. The normalized spacial score (nSPS) is 10.5. The molecule has 3 heteroatoms. The molecule has 2 nitrogen and oxygen atoms in total. The standard InChI is InChI=1S/C12H13BrN2/c1-2-3-12-14-8-11(15-12)9-4-6-10(13)7-5-9/h4-8H,2-3H2,1H3,(H,14,15). The number of halogens is 1. The molecule has 0 fully saturated rings. The summed E-state index contributed by atoms with van der Waals surface area (Å²) < 4.78 is 1.10. The third-order valence-corrected chi connectivity index (χ3v) is 2.80. The molecule has 0 aliphatic carbocycles. The van der Waals surface area contributed by atoms with E-state index in [4.69, 9.17) is 0 Å². The zero-order valence-electron chi connectivity index (χ0n) is 8.63. The highest BCUT2D eigenvalue weighted by Gasteiger charge is 2.01. The Kier molecular flexibility index (Phi) is 3.21.